The van der Waals surface area contributed by atoms with Crippen LogP contribution in [0.4, 0.5) is 0 Å². The zero-order chi connectivity index (χ0) is 23.4. The first-order valence-corrected chi connectivity index (χ1v) is 12.2. The third kappa shape index (κ3) is 5.84. The summed E-state index contributed by atoms with van der Waals surface area (Å²) >= 11 is 9.47. The summed E-state index contributed by atoms with van der Waals surface area (Å²) < 4.78 is 6.76. The maximum Gasteiger partial charge on any atom is 0.163 e. The van der Waals surface area contributed by atoms with Gasteiger partial charge in [-0.25, -0.2) is 0 Å². The van der Waals surface area contributed by atoms with Gasteiger partial charge in [0.2, 0.25) is 0 Å². The van der Waals surface area contributed by atoms with Crippen LogP contribution in [-0.4, -0.2) is 16.7 Å². The lowest BCUT2D eigenvalue weighted by Crippen LogP contribution is -2.10. The molecule has 2 aliphatic rings. The molecule has 0 aliphatic heterocycles. The van der Waals surface area contributed by atoms with E-state index in [9.17, 15) is 9.59 Å². The van der Waals surface area contributed by atoms with E-state index in [0.29, 0.717) is 30.0 Å². The van der Waals surface area contributed by atoms with Gasteiger partial charge in [0.15, 0.2) is 11.6 Å². The predicted octanol–water partition coefficient (Wildman–Crippen LogP) is 7.11. The molecule has 33 heavy (non-hydrogen) atoms. The number of Topliss-reactive ketones (excluding diaryl/α,β-unsaturated/α-hetero) is 2. The molecule has 0 saturated heterocycles. The van der Waals surface area contributed by atoms with Crippen LogP contribution in [0.1, 0.15) is 63.1 Å². The van der Waals surface area contributed by atoms with Crippen molar-refractivity contribution in [3.8, 4) is 11.5 Å². The average Bonchev–Trinajstić information content (AvgIpc) is 2.81. The summed E-state index contributed by atoms with van der Waals surface area (Å²) in [5.41, 5.74) is 4.70. The van der Waals surface area contributed by atoms with Gasteiger partial charge in [0.25, 0.3) is 0 Å². The first kappa shape index (κ1) is 23.5. The fraction of sp³-hybridized carbons (Fsp3) is 0.259. The summed E-state index contributed by atoms with van der Waals surface area (Å²) in [6.07, 6.45) is 5.08. The van der Waals surface area contributed by atoms with Gasteiger partial charge in [0, 0.05) is 39.0 Å². The second-order valence-electron chi connectivity index (χ2n) is 8.24. The summed E-state index contributed by atoms with van der Waals surface area (Å²) in [6.45, 7) is 0.411. The number of aryl methyl sites for hydroxylation is 2. The molecule has 1 N–H and O–H groups in total. The summed E-state index contributed by atoms with van der Waals surface area (Å²) in [6, 6.07) is 16.4. The maximum atomic E-state index is 11.9. The molecular weight excluding hydrogens is 504 g/mol. The minimum absolute atomic E-state index is 0.159. The summed E-state index contributed by atoms with van der Waals surface area (Å²) in [7, 11) is 0. The lowest BCUT2D eigenvalue weighted by molar-refractivity contribution is 0.0964. The van der Waals surface area contributed by atoms with Crippen LogP contribution < -0.4 is 4.74 Å². The first-order chi connectivity index (χ1) is 15.9. The predicted molar refractivity (Wildman–Crippen MR) is 133 cm³/mol. The minimum atomic E-state index is 0.159. The zero-order valence-corrected chi connectivity index (χ0v) is 20.4. The maximum absolute atomic E-state index is 11.9. The number of fused-ring (bicyclic) bond motifs is 2. The molecule has 0 bridgehead atoms. The Morgan fingerprint density at radius 2 is 1.45 bits per heavy atom. The summed E-state index contributed by atoms with van der Waals surface area (Å²) in [5.74, 6) is 1.28. The molecule has 0 spiro atoms. The van der Waals surface area contributed by atoms with Crippen LogP contribution in [0.2, 0.25) is 5.02 Å². The fourth-order valence-corrected chi connectivity index (χ4v) is 4.68. The largest absolute Gasteiger partial charge is 0.508 e. The van der Waals surface area contributed by atoms with Crippen molar-refractivity contribution in [3.63, 3.8) is 0 Å². The molecule has 0 heterocycles. The van der Waals surface area contributed by atoms with E-state index in [4.69, 9.17) is 21.4 Å². The van der Waals surface area contributed by atoms with Gasteiger partial charge in [-0.3, -0.25) is 9.59 Å². The number of phenolic OH excluding ortho intramolecular Hbond substituents is 1. The van der Waals surface area contributed by atoms with Crippen molar-refractivity contribution < 1.29 is 19.4 Å². The normalized spacial score (nSPS) is 14.6. The highest BCUT2D eigenvalue weighted by Gasteiger charge is 2.18. The Kier molecular flexibility index (Phi) is 7.51. The Morgan fingerprint density at radius 3 is 2.15 bits per heavy atom. The second kappa shape index (κ2) is 10.5. The number of carbonyl (C=O) groups is 2. The van der Waals surface area contributed by atoms with Crippen LogP contribution in [0.5, 0.6) is 11.5 Å². The van der Waals surface area contributed by atoms with E-state index in [2.05, 4.69) is 15.9 Å². The van der Waals surface area contributed by atoms with Crippen LogP contribution in [0.25, 0.3) is 0 Å². The molecule has 0 radical (unpaired) electrons. The van der Waals surface area contributed by atoms with Crippen LogP contribution in [-0.2, 0) is 19.4 Å². The number of ether oxygens (including phenoxy) is 1. The van der Waals surface area contributed by atoms with Gasteiger partial charge in [-0.1, -0.05) is 39.7 Å². The highest BCUT2D eigenvalue weighted by atomic mass is 79.9. The zero-order valence-electron chi connectivity index (χ0n) is 18.1. The molecule has 170 valence electrons. The SMILES string of the molecule is O=C1CCCc2ccc(O)cc21.O=C1CCCc2ccc(OCc3cc(Cl)ccc3Br)cc21. The van der Waals surface area contributed by atoms with Crippen molar-refractivity contribution in [3.05, 3.63) is 91.9 Å². The second-order valence-corrected chi connectivity index (χ2v) is 9.53. The number of carbonyl (C=O) groups excluding carboxylic acids is 2. The Hall–Kier alpha value is -2.63. The standard InChI is InChI=1S/C17H14BrClO2.C10H10O2/c18-16-7-5-13(19)8-12(16)10-21-14-6-4-11-2-1-3-17(20)15(11)9-14;11-8-5-4-7-2-1-3-10(12)9(7)6-8/h4-9H,1-3,10H2;4-6,11H,1-3H2. The fourth-order valence-electron chi connectivity index (χ4n) is 4.13. The van der Waals surface area contributed by atoms with Gasteiger partial charge in [0.1, 0.15) is 18.1 Å². The third-order valence-corrected chi connectivity index (χ3v) is 6.89. The smallest absolute Gasteiger partial charge is 0.163 e. The van der Waals surface area contributed by atoms with Gasteiger partial charge >= 0.3 is 0 Å². The molecule has 2 aliphatic carbocycles. The van der Waals surface area contributed by atoms with Crippen molar-refractivity contribution in [2.45, 2.75) is 45.1 Å². The highest BCUT2D eigenvalue weighted by molar-refractivity contribution is 9.10. The van der Waals surface area contributed by atoms with E-state index in [-0.39, 0.29) is 17.3 Å². The highest BCUT2D eigenvalue weighted by Crippen LogP contribution is 2.28. The van der Waals surface area contributed by atoms with E-state index in [0.717, 1.165) is 58.2 Å². The van der Waals surface area contributed by atoms with Crippen molar-refractivity contribution >= 4 is 39.1 Å². The van der Waals surface area contributed by atoms with Crippen molar-refractivity contribution in [2.75, 3.05) is 0 Å². The summed E-state index contributed by atoms with van der Waals surface area (Å²) in [5, 5.41) is 9.83. The molecule has 0 saturated carbocycles. The minimum Gasteiger partial charge on any atom is -0.508 e. The van der Waals surface area contributed by atoms with E-state index in [1.54, 1.807) is 12.1 Å². The molecule has 5 rings (SSSR count). The van der Waals surface area contributed by atoms with E-state index in [1.165, 1.54) is 0 Å². The van der Waals surface area contributed by atoms with E-state index in [1.807, 2.05) is 42.5 Å². The van der Waals surface area contributed by atoms with Crippen LogP contribution in [0.3, 0.4) is 0 Å². The molecule has 3 aromatic carbocycles. The number of aromatic hydroxyl groups is 1. The lowest BCUT2D eigenvalue weighted by atomic mass is 9.90. The van der Waals surface area contributed by atoms with Gasteiger partial charge in [-0.2, -0.15) is 0 Å². The van der Waals surface area contributed by atoms with E-state index >= 15 is 0 Å². The molecule has 0 amide bonds. The molecule has 0 unspecified atom stereocenters. The number of benzene rings is 3. The first-order valence-electron chi connectivity index (χ1n) is 11.0. The quantitative estimate of drug-likeness (QED) is 0.394. The van der Waals surface area contributed by atoms with Crippen LogP contribution in [0, 0.1) is 0 Å². The van der Waals surface area contributed by atoms with Crippen molar-refractivity contribution in [2.24, 2.45) is 0 Å². The van der Waals surface area contributed by atoms with Crippen LogP contribution in [0.15, 0.2) is 59.1 Å². The number of rotatable bonds is 3. The number of hydrogen-bond acceptors (Lipinski definition) is 4. The van der Waals surface area contributed by atoms with Gasteiger partial charge in [-0.05, 0) is 79.3 Å². The third-order valence-electron chi connectivity index (χ3n) is 5.88. The van der Waals surface area contributed by atoms with Crippen LogP contribution >= 0.6 is 27.5 Å². The average molecular weight is 528 g/mol. The number of halogens is 2. The Labute approximate surface area is 206 Å². The monoisotopic (exact) mass is 526 g/mol. The molecule has 4 nitrogen and oxygen atoms in total. The van der Waals surface area contributed by atoms with Crippen molar-refractivity contribution in [1.29, 1.82) is 0 Å². The van der Waals surface area contributed by atoms with Gasteiger partial charge < -0.3 is 9.84 Å². The molecule has 6 heteroatoms. The topological polar surface area (TPSA) is 63.6 Å². The molecule has 3 aromatic rings. The molecule has 0 fully saturated rings. The van der Waals surface area contributed by atoms with Crippen molar-refractivity contribution in [1.82, 2.24) is 0 Å². The number of hydrogen-bond donors (Lipinski definition) is 1. The van der Waals surface area contributed by atoms with Gasteiger partial charge in [0.05, 0.1) is 0 Å². The lowest BCUT2D eigenvalue weighted by Gasteiger charge is -2.16. The van der Waals surface area contributed by atoms with E-state index < -0.39 is 0 Å². The molecule has 0 atom stereocenters. The van der Waals surface area contributed by atoms with Gasteiger partial charge in [-0.15, -0.1) is 0 Å². The molecule has 0 aromatic heterocycles. The Balaban J connectivity index is 0.000000183. The number of ketones is 2. The Morgan fingerprint density at radius 1 is 0.818 bits per heavy atom. The molecular formula is C27H24BrClO4. The summed E-state index contributed by atoms with van der Waals surface area (Å²) in [4.78, 5) is 23.3. The Bertz CT molecular complexity index is 1200. The number of phenols is 1.